The molecule has 1 spiro atoms. The summed E-state index contributed by atoms with van der Waals surface area (Å²) < 4.78 is 14.0. The molecule has 7 nitrogen and oxygen atoms in total. The van der Waals surface area contributed by atoms with Crippen LogP contribution in [-0.4, -0.2) is 71.3 Å². The average Bonchev–Trinajstić information content (AvgIpc) is 3.19. The quantitative estimate of drug-likeness (QED) is 0.824. The van der Waals surface area contributed by atoms with Crippen LogP contribution in [-0.2, 0) is 23.1 Å². The predicted octanol–water partition coefficient (Wildman–Crippen LogP) is 0.984. The van der Waals surface area contributed by atoms with Gasteiger partial charge < -0.3 is 14.4 Å². The van der Waals surface area contributed by atoms with Gasteiger partial charge in [0.2, 0.25) is 0 Å². The molecule has 130 valence electrons. The molecule has 4 heterocycles. The van der Waals surface area contributed by atoms with Gasteiger partial charge in [0.15, 0.2) is 5.13 Å². The van der Waals surface area contributed by atoms with Crippen molar-refractivity contribution in [3.8, 4) is 0 Å². The zero-order valence-electron chi connectivity index (χ0n) is 13.9. The molecule has 2 aromatic rings. The maximum atomic E-state index is 6.24. The summed E-state index contributed by atoms with van der Waals surface area (Å²) in [6.45, 7) is 6.47. The van der Waals surface area contributed by atoms with Crippen molar-refractivity contribution in [3.05, 3.63) is 29.5 Å². The molecule has 1 atom stereocenters. The Hall–Kier alpha value is -1.48. The largest absolute Gasteiger partial charge is 0.376 e. The van der Waals surface area contributed by atoms with E-state index in [-0.39, 0.29) is 5.60 Å². The highest BCUT2D eigenvalue weighted by Crippen LogP contribution is 2.27. The van der Waals surface area contributed by atoms with Gasteiger partial charge in [0.25, 0.3) is 0 Å². The van der Waals surface area contributed by atoms with Gasteiger partial charge in [0.05, 0.1) is 32.6 Å². The summed E-state index contributed by atoms with van der Waals surface area (Å²) in [6, 6.07) is 0. The van der Waals surface area contributed by atoms with E-state index in [4.69, 9.17) is 9.47 Å². The van der Waals surface area contributed by atoms with Crippen LogP contribution in [0.5, 0.6) is 0 Å². The molecule has 0 bridgehead atoms. The Balaban J connectivity index is 1.47. The number of morpholine rings is 1. The lowest BCUT2D eigenvalue weighted by atomic mass is 10.0. The van der Waals surface area contributed by atoms with Crippen molar-refractivity contribution in [3.63, 3.8) is 0 Å². The third-order valence-electron chi connectivity index (χ3n) is 4.53. The van der Waals surface area contributed by atoms with Gasteiger partial charge in [-0.25, -0.2) is 4.98 Å². The van der Waals surface area contributed by atoms with Crippen LogP contribution in [0.25, 0.3) is 0 Å². The van der Waals surface area contributed by atoms with Crippen LogP contribution in [0.3, 0.4) is 0 Å². The fourth-order valence-electron chi connectivity index (χ4n) is 3.49. The number of nitrogens with zero attached hydrogens (tertiary/aromatic N) is 5. The van der Waals surface area contributed by atoms with E-state index in [2.05, 4.69) is 26.1 Å². The smallest absolute Gasteiger partial charge is 0.185 e. The third kappa shape index (κ3) is 3.46. The Kier molecular flexibility index (Phi) is 4.53. The Morgan fingerprint density at radius 1 is 1.29 bits per heavy atom. The summed E-state index contributed by atoms with van der Waals surface area (Å²) in [7, 11) is 1.95. The van der Waals surface area contributed by atoms with Gasteiger partial charge in [0, 0.05) is 56.6 Å². The average molecular weight is 349 g/mol. The molecule has 0 aliphatic carbocycles. The van der Waals surface area contributed by atoms with E-state index >= 15 is 0 Å². The number of aromatic nitrogens is 3. The van der Waals surface area contributed by atoms with Crippen molar-refractivity contribution < 1.29 is 9.47 Å². The van der Waals surface area contributed by atoms with Crippen molar-refractivity contribution in [1.29, 1.82) is 0 Å². The van der Waals surface area contributed by atoms with Crippen LogP contribution in [0, 0.1) is 0 Å². The predicted molar refractivity (Wildman–Crippen MR) is 92.3 cm³/mol. The van der Waals surface area contributed by atoms with Crippen molar-refractivity contribution in [2.75, 3.05) is 50.9 Å². The molecule has 0 unspecified atom stereocenters. The molecule has 8 heteroatoms. The lowest BCUT2D eigenvalue weighted by molar-refractivity contribution is -0.134. The Morgan fingerprint density at radius 3 is 3.04 bits per heavy atom. The van der Waals surface area contributed by atoms with Gasteiger partial charge in [-0.1, -0.05) is 0 Å². The highest BCUT2D eigenvalue weighted by atomic mass is 32.1. The van der Waals surface area contributed by atoms with Crippen molar-refractivity contribution in [2.45, 2.75) is 12.1 Å². The second-order valence-electron chi connectivity index (χ2n) is 6.55. The van der Waals surface area contributed by atoms with Gasteiger partial charge in [0.1, 0.15) is 5.60 Å². The van der Waals surface area contributed by atoms with Gasteiger partial charge in [-0.15, -0.1) is 11.3 Å². The van der Waals surface area contributed by atoms with E-state index in [9.17, 15) is 0 Å². The molecule has 0 saturated carbocycles. The first kappa shape index (κ1) is 16.0. The lowest BCUT2D eigenvalue weighted by Crippen LogP contribution is -2.58. The Morgan fingerprint density at radius 2 is 2.25 bits per heavy atom. The normalized spacial score (nSPS) is 26.0. The van der Waals surface area contributed by atoms with Crippen LogP contribution >= 0.6 is 11.3 Å². The fourth-order valence-corrected chi connectivity index (χ4v) is 4.16. The first-order valence-corrected chi connectivity index (χ1v) is 9.16. The maximum absolute atomic E-state index is 6.24. The minimum atomic E-state index is -0.289. The summed E-state index contributed by atoms with van der Waals surface area (Å²) in [5.74, 6) is 0. The van der Waals surface area contributed by atoms with Gasteiger partial charge >= 0.3 is 0 Å². The number of hydrogen-bond acceptors (Lipinski definition) is 7. The van der Waals surface area contributed by atoms with Crippen LogP contribution in [0.4, 0.5) is 5.13 Å². The Bertz CT molecular complexity index is 661. The number of rotatable bonds is 3. The van der Waals surface area contributed by atoms with Crippen molar-refractivity contribution in [1.82, 2.24) is 19.7 Å². The van der Waals surface area contributed by atoms with Crippen LogP contribution < -0.4 is 4.90 Å². The summed E-state index contributed by atoms with van der Waals surface area (Å²) in [5.41, 5.74) is 0.948. The van der Waals surface area contributed by atoms with Crippen molar-refractivity contribution >= 4 is 16.5 Å². The number of aryl methyl sites for hydroxylation is 1. The first-order valence-electron chi connectivity index (χ1n) is 8.29. The van der Waals surface area contributed by atoms with Gasteiger partial charge in [-0.2, -0.15) is 5.10 Å². The topological polar surface area (TPSA) is 55.6 Å². The summed E-state index contributed by atoms with van der Waals surface area (Å²) in [6.07, 6.45) is 5.87. The molecule has 2 aliphatic heterocycles. The monoisotopic (exact) mass is 349 g/mol. The molecule has 0 radical (unpaired) electrons. The molecular weight excluding hydrogens is 326 g/mol. The van der Waals surface area contributed by atoms with E-state index in [1.54, 1.807) is 11.3 Å². The SMILES string of the molecule is Cn1cc(CN2CCO[C@@]3(COCCN(c4nccs4)C3)C2)cn1. The maximum Gasteiger partial charge on any atom is 0.185 e. The second kappa shape index (κ2) is 6.79. The number of ether oxygens (including phenoxy) is 2. The summed E-state index contributed by atoms with van der Waals surface area (Å²) >= 11 is 1.67. The second-order valence-corrected chi connectivity index (χ2v) is 7.43. The molecule has 2 aliphatic rings. The van der Waals surface area contributed by atoms with Gasteiger partial charge in [-0.3, -0.25) is 9.58 Å². The molecule has 24 heavy (non-hydrogen) atoms. The molecule has 2 aromatic heterocycles. The van der Waals surface area contributed by atoms with E-state index < -0.39 is 0 Å². The number of anilines is 1. The highest BCUT2D eigenvalue weighted by molar-refractivity contribution is 7.13. The zero-order chi connectivity index (χ0) is 16.4. The fraction of sp³-hybridized carbons (Fsp3) is 0.625. The lowest BCUT2D eigenvalue weighted by Gasteiger charge is -2.43. The molecular formula is C16H23N5O2S. The Labute approximate surface area is 145 Å². The van der Waals surface area contributed by atoms with E-state index in [1.165, 1.54) is 5.56 Å². The molecule has 2 fully saturated rings. The molecule has 2 saturated heterocycles. The number of hydrogen-bond donors (Lipinski definition) is 0. The van der Waals surface area contributed by atoms with E-state index in [0.717, 1.165) is 44.5 Å². The number of thiazole rings is 1. The molecule has 0 amide bonds. The van der Waals surface area contributed by atoms with Gasteiger partial charge in [-0.05, 0) is 0 Å². The van der Waals surface area contributed by atoms with Crippen LogP contribution in [0.2, 0.25) is 0 Å². The van der Waals surface area contributed by atoms with E-state index in [0.29, 0.717) is 13.2 Å². The van der Waals surface area contributed by atoms with Crippen molar-refractivity contribution in [2.24, 2.45) is 7.05 Å². The summed E-state index contributed by atoms with van der Waals surface area (Å²) in [5, 5.41) is 7.33. The first-order chi connectivity index (χ1) is 11.7. The molecule has 0 N–H and O–H groups in total. The standard InChI is InChI=1S/C16H23N5O2S/c1-19-9-14(8-18-19)10-20-3-6-23-16(11-20)12-21(4-5-22-13-16)15-17-2-7-24-15/h2,7-9H,3-6,10-13H2,1H3/t16-/m0/s1. The summed E-state index contributed by atoms with van der Waals surface area (Å²) in [4.78, 5) is 9.19. The van der Waals surface area contributed by atoms with Crippen LogP contribution in [0.15, 0.2) is 24.0 Å². The zero-order valence-corrected chi connectivity index (χ0v) is 14.7. The highest BCUT2D eigenvalue weighted by Gasteiger charge is 2.40. The third-order valence-corrected chi connectivity index (χ3v) is 5.36. The van der Waals surface area contributed by atoms with Crippen LogP contribution in [0.1, 0.15) is 5.56 Å². The minimum absolute atomic E-state index is 0.289. The molecule has 4 rings (SSSR count). The minimum Gasteiger partial charge on any atom is -0.376 e. The molecule has 0 aromatic carbocycles. The van der Waals surface area contributed by atoms with E-state index in [1.807, 2.05) is 29.5 Å².